The van der Waals surface area contributed by atoms with E-state index < -0.39 is 0 Å². The van der Waals surface area contributed by atoms with Gasteiger partial charge in [0.1, 0.15) is 17.8 Å². The molecule has 0 saturated heterocycles. The van der Waals surface area contributed by atoms with Gasteiger partial charge in [0.05, 0.1) is 5.54 Å². The maximum atomic E-state index is 6.63. The fourth-order valence-electron chi connectivity index (χ4n) is 7.42. The van der Waals surface area contributed by atoms with Gasteiger partial charge in [-0.05, 0) is 54.9 Å². The smallest absolute Gasteiger partial charge is 0.514 e. The Balaban J connectivity index is 0.00000386. The zero-order valence-electron chi connectivity index (χ0n) is 29.1. The van der Waals surface area contributed by atoms with E-state index in [9.17, 15) is 0 Å². The first-order valence-corrected chi connectivity index (χ1v) is 16.7. The van der Waals surface area contributed by atoms with Crippen molar-refractivity contribution in [3.05, 3.63) is 106 Å². The van der Waals surface area contributed by atoms with E-state index in [2.05, 4.69) is 116 Å². The van der Waals surface area contributed by atoms with Crippen LogP contribution in [0.15, 0.2) is 59.7 Å². The number of aliphatic imine (C=N–C) groups is 1. The fraction of sp³-hybridized carbons (Fsp3) is 0.415. The number of benzene rings is 3. The Bertz CT molecular complexity index is 1890. The van der Waals surface area contributed by atoms with E-state index in [1.165, 1.54) is 29.5 Å². The minimum Gasteiger partial charge on any atom is -0.514 e. The molecule has 5 nitrogen and oxygen atoms in total. The quantitative estimate of drug-likeness (QED) is 0.193. The second-order valence-electron chi connectivity index (χ2n) is 15.3. The topological polar surface area (TPSA) is 47.0 Å². The molecule has 246 valence electrons. The van der Waals surface area contributed by atoms with Crippen molar-refractivity contribution < 1.29 is 30.5 Å². The van der Waals surface area contributed by atoms with Crippen molar-refractivity contribution in [1.82, 2.24) is 4.98 Å². The van der Waals surface area contributed by atoms with Gasteiger partial charge in [-0.1, -0.05) is 103 Å². The molecule has 3 aromatic carbocycles. The average molecular weight is 807 g/mol. The maximum absolute atomic E-state index is 6.63. The normalized spacial score (nSPS) is 21.1. The van der Waals surface area contributed by atoms with Crippen LogP contribution in [0, 0.1) is 32.9 Å². The third kappa shape index (κ3) is 5.84. The predicted octanol–water partition coefficient (Wildman–Crippen LogP) is 10.3. The van der Waals surface area contributed by atoms with Crippen LogP contribution in [0.2, 0.25) is 0 Å². The number of rotatable bonds is 4. The first kappa shape index (κ1) is 33.5. The van der Waals surface area contributed by atoms with Gasteiger partial charge in [0.25, 0.3) is 0 Å². The zero-order chi connectivity index (χ0) is 32.6. The Hall–Kier alpha value is -3.43. The van der Waals surface area contributed by atoms with Gasteiger partial charge in [0, 0.05) is 34.4 Å². The number of ether oxygens (including phenoxy) is 2. The molecule has 3 aliphatic rings. The van der Waals surface area contributed by atoms with E-state index >= 15 is 0 Å². The number of aryl methyl sites for hydroxylation is 3. The average Bonchev–Trinajstić information content (AvgIpc) is 3.35. The molecular weight excluding hydrogens is 762 g/mol. The Morgan fingerprint density at radius 2 is 1.72 bits per heavy atom. The summed E-state index contributed by atoms with van der Waals surface area (Å²) in [5.74, 6) is 2.90. The van der Waals surface area contributed by atoms with Gasteiger partial charge < -0.3 is 14.4 Å². The number of anilines is 3. The number of hydrogen-bond acceptors (Lipinski definition) is 5. The van der Waals surface area contributed by atoms with Crippen LogP contribution in [-0.4, -0.2) is 22.5 Å². The standard InChI is InChI=1S/C41H45N3O2.Pt/c1-25-19-29(44-34-16-15-28(39(4,5)6)22-33(34)40(7,8)32-13-12-18-42-37(32)44)23-30(20-25)45-35-24-31(26(2)21-27(35)3)38-43-41(9)17-11-10-14-36(41)46-38;/h12-13,15-16,18-22,36H,10-11,14,17H2,1-9H3;/q-2;+2/t36-,41-;/m0./s1. The maximum Gasteiger partial charge on any atom is 2.00 e. The molecule has 0 unspecified atom stereocenters. The van der Waals surface area contributed by atoms with E-state index in [1.807, 2.05) is 18.3 Å². The zero-order valence-corrected chi connectivity index (χ0v) is 31.3. The molecule has 1 aliphatic carbocycles. The van der Waals surface area contributed by atoms with Crippen LogP contribution in [0.4, 0.5) is 17.2 Å². The monoisotopic (exact) mass is 806 g/mol. The molecule has 2 atom stereocenters. The SMILES string of the molecule is Cc1cc(Oc2[c-]c(C3=N[C@@]4(C)CCCC[C@@H]4O3)c(C)cc2C)[c-]c(N2c3ccc(C(C)(C)C)cc3C(C)(C)c3cccnc32)c1.[Pt+2]. The number of pyridine rings is 1. The summed E-state index contributed by atoms with van der Waals surface area (Å²) in [6, 6.07) is 24.6. The Labute approximate surface area is 295 Å². The summed E-state index contributed by atoms with van der Waals surface area (Å²) < 4.78 is 13.1. The Morgan fingerprint density at radius 1 is 0.936 bits per heavy atom. The number of hydrogen-bond donors (Lipinski definition) is 0. The molecule has 0 bridgehead atoms. The van der Waals surface area contributed by atoms with Crippen molar-refractivity contribution in [2.75, 3.05) is 4.90 Å². The van der Waals surface area contributed by atoms with Crippen molar-refractivity contribution in [3.8, 4) is 11.5 Å². The minimum atomic E-state index is -0.218. The first-order chi connectivity index (χ1) is 21.7. The molecule has 1 aromatic heterocycles. The molecule has 4 aromatic rings. The summed E-state index contributed by atoms with van der Waals surface area (Å²) in [6.45, 7) is 19.9. The van der Waals surface area contributed by atoms with Gasteiger partial charge >= 0.3 is 21.1 Å². The van der Waals surface area contributed by atoms with Gasteiger partial charge in [-0.3, -0.25) is 4.99 Å². The van der Waals surface area contributed by atoms with Crippen LogP contribution in [-0.2, 0) is 36.6 Å². The third-order valence-electron chi connectivity index (χ3n) is 10.2. The van der Waals surface area contributed by atoms with Gasteiger partial charge in [-0.15, -0.1) is 29.8 Å². The van der Waals surface area contributed by atoms with Crippen LogP contribution in [0.25, 0.3) is 0 Å². The van der Waals surface area contributed by atoms with Gasteiger partial charge in [0.15, 0.2) is 0 Å². The van der Waals surface area contributed by atoms with Crippen LogP contribution in [0.1, 0.15) is 106 Å². The van der Waals surface area contributed by atoms with Gasteiger partial charge in [-0.2, -0.15) is 5.56 Å². The molecule has 47 heavy (non-hydrogen) atoms. The second kappa shape index (κ2) is 11.9. The molecule has 0 spiro atoms. The molecule has 3 heterocycles. The second-order valence-corrected chi connectivity index (χ2v) is 15.3. The Kier molecular flexibility index (Phi) is 8.49. The summed E-state index contributed by atoms with van der Waals surface area (Å²) in [5, 5.41) is 0. The van der Waals surface area contributed by atoms with E-state index in [0.717, 1.165) is 52.3 Å². The molecular formula is C41H45N3O2Pt. The van der Waals surface area contributed by atoms with E-state index in [1.54, 1.807) is 0 Å². The summed E-state index contributed by atoms with van der Waals surface area (Å²) >= 11 is 0. The molecule has 6 heteroatoms. The van der Waals surface area contributed by atoms with Crippen molar-refractivity contribution in [2.45, 2.75) is 110 Å². The summed E-state index contributed by atoms with van der Waals surface area (Å²) in [6.07, 6.45) is 6.50. The summed E-state index contributed by atoms with van der Waals surface area (Å²) in [4.78, 5) is 12.3. The number of fused-ring (bicyclic) bond motifs is 3. The molecule has 0 N–H and O–H groups in total. The molecule has 7 rings (SSSR count). The van der Waals surface area contributed by atoms with Crippen molar-refractivity contribution in [1.29, 1.82) is 0 Å². The van der Waals surface area contributed by atoms with Crippen LogP contribution >= 0.6 is 0 Å². The molecule has 1 fully saturated rings. The van der Waals surface area contributed by atoms with Crippen molar-refractivity contribution >= 4 is 23.1 Å². The fourth-order valence-corrected chi connectivity index (χ4v) is 7.42. The first-order valence-electron chi connectivity index (χ1n) is 16.7. The van der Waals surface area contributed by atoms with Gasteiger partial charge in [0.2, 0.25) is 0 Å². The molecule has 1 saturated carbocycles. The van der Waals surface area contributed by atoms with E-state index in [0.29, 0.717) is 17.4 Å². The Morgan fingerprint density at radius 3 is 2.47 bits per heavy atom. The number of nitrogens with zero attached hydrogens (tertiary/aromatic N) is 3. The van der Waals surface area contributed by atoms with Crippen LogP contribution < -0.4 is 9.64 Å². The molecule has 2 aliphatic heterocycles. The van der Waals surface area contributed by atoms with Crippen molar-refractivity contribution in [2.24, 2.45) is 4.99 Å². The van der Waals surface area contributed by atoms with E-state index in [4.69, 9.17) is 19.5 Å². The predicted molar refractivity (Wildman–Crippen MR) is 186 cm³/mol. The van der Waals surface area contributed by atoms with Crippen molar-refractivity contribution in [3.63, 3.8) is 0 Å². The minimum absolute atomic E-state index is 0. The third-order valence-corrected chi connectivity index (χ3v) is 10.2. The van der Waals surface area contributed by atoms with Gasteiger partial charge in [-0.25, -0.2) is 4.98 Å². The molecule has 0 amide bonds. The van der Waals surface area contributed by atoms with E-state index in [-0.39, 0.29) is 43.5 Å². The van der Waals surface area contributed by atoms with Crippen LogP contribution in [0.3, 0.4) is 0 Å². The summed E-state index contributed by atoms with van der Waals surface area (Å²) in [5.41, 5.74) is 9.48. The molecule has 0 radical (unpaired) electrons. The van der Waals surface area contributed by atoms with Crippen LogP contribution in [0.5, 0.6) is 11.5 Å². The summed E-state index contributed by atoms with van der Waals surface area (Å²) in [7, 11) is 0. The largest absolute Gasteiger partial charge is 2.00 e. The number of aromatic nitrogens is 1.